The Morgan fingerprint density at radius 2 is 1.18 bits per heavy atom. The van der Waals surface area contributed by atoms with Crippen LogP contribution in [0.25, 0.3) is 0 Å². The molecule has 0 bridgehead atoms. The second-order valence-electron chi connectivity index (χ2n) is 8.46. The van der Waals surface area contributed by atoms with E-state index in [4.69, 9.17) is 5.73 Å². The Labute approximate surface area is 173 Å². The summed E-state index contributed by atoms with van der Waals surface area (Å²) in [5.41, 5.74) is 12.3. The molecule has 0 heterocycles. The van der Waals surface area contributed by atoms with Gasteiger partial charge in [-0.3, -0.25) is 0 Å². The first-order valence-corrected chi connectivity index (χ1v) is 11.6. The zero-order valence-corrected chi connectivity index (χ0v) is 18.3. The van der Waals surface area contributed by atoms with Crippen LogP contribution < -0.4 is 5.73 Å². The highest BCUT2D eigenvalue weighted by molar-refractivity contribution is 5.41. The molecule has 2 N–H and O–H groups in total. The Morgan fingerprint density at radius 1 is 0.643 bits per heavy atom. The van der Waals surface area contributed by atoms with Crippen LogP contribution in [0.5, 0.6) is 0 Å². The van der Waals surface area contributed by atoms with Crippen LogP contribution >= 0.6 is 0 Å². The van der Waals surface area contributed by atoms with Gasteiger partial charge in [0, 0.05) is 5.69 Å². The number of benzene rings is 2. The van der Waals surface area contributed by atoms with Gasteiger partial charge in [-0.2, -0.15) is 0 Å². The molecule has 1 heteroatoms. The van der Waals surface area contributed by atoms with Crippen LogP contribution in [0.1, 0.15) is 99.8 Å². The molecule has 0 saturated heterocycles. The highest BCUT2D eigenvalue weighted by atomic mass is 14.5. The summed E-state index contributed by atoms with van der Waals surface area (Å²) in [6.45, 7) is 4.55. The van der Waals surface area contributed by atoms with E-state index in [0.29, 0.717) is 0 Å². The second-order valence-corrected chi connectivity index (χ2v) is 8.46. The largest absolute Gasteiger partial charge is 0.399 e. The van der Waals surface area contributed by atoms with Crippen LogP contribution in [0.4, 0.5) is 5.69 Å². The van der Waals surface area contributed by atoms with Crippen molar-refractivity contribution in [1.82, 2.24) is 0 Å². The highest BCUT2D eigenvalue weighted by Crippen LogP contribution is 2.18. The van der Waals surface area contributed by atoms with Crippen molar-refractivity contribution in [2.75, 3.05) is 5.73 Å². The van der Waals surface area contributed by atoms with Gasteiger partial charge in [-0.05, 0) is 60.6 Å². The standard InChI is InChI=1S/C27H41N/c1-3-4-5-6-7-8-9-10-11-12-13-14-26-18-15-25(21-23(26)2)22-24-16-19-27(28)20-17-24/h15-21H,3-14,22,28H2,1-2H3. The van der Waals surface area contributed by atoms with Crippen molar-refractivity contribution in [2.45, 2.75) is 97.3 Å². The lowest BCUT2D eigenvalue weighted by molar-refractivity contribution is 0.549. The predicted molar refractivity (Wildman–Crippen MR) is 125 cm³/mol. The third-order valence-electron chi connectivity index (χ3n) is 5.84. The summed E-state index contributed by atoms with van der Waals surface area (Å²) in [5.74, 6) is 0. The van der Waals surface area contributed by atoms with Gasteiger partial charge in [0.05, 0.1) is 0 Å². The van der Waals surface area contributed by atoms with E-state index in [2.05, 4.69) is 44.2 Å². The van der Waals surface area contributed by atoms with Crippen LogP contribution in [0.2, 0.25) is 0 Å². The zero-order valence-electron chi connectivity index (χ0n) is 18.3. The van der Waals surface area contributed by atoms with E-state index in [1.807, 2.05) is 12.1 Å². The van der Waals surface area contributed by atoms with Gasteiger partial charge >= 0.3 is 0 Å². The van der Waals surface area contributed by atoms with Crippen molar-refractivity contribution in [3.8, 4) is 0 Å². The quantitative estimate of drug-likeness (QED) is 0.261. The molecule has 2 aromatic rings. The predicted octanol–water partition coefficient (Wildman–Crippen LogP) is 8.02. The summed E-state index contributed by atoms with van der Waals surface area (Å²) in [5, 5.41) is 0. The SMILES string of the molecule is CCCCCCCCCCCCCc1ccc(Cc2ccc(N)cc2)cc1C. The molecule has 0 aromatic heterocycles. The molecule has 0 atom stereocenters. The fourth-order valence-corrected chi connectivity index (χ4v) is 4.00. The minimum atomic E-state index is 0.835. The van der Waals surface area contributed by atoms with Gasteiger partial charge in [0.1, 0.15) is 0 Å². The van der Waals surface area contributed by atoms with Crippen molar-refractivity contribution in [1.29, 1.82) is 0 Å². The molecule has 154 valence electrons. The Bertz CT molecular complexity index is 656. The molecule has 0 radical (unpaired) electrons. The van der Waals surface area contributed by atoms with E-state index >= 15 is 0 Å². The van der Waals surface area contributed by atoms with E-state index in [9.17, 15) is 0 Å². The van der Waals surface area contributed by atoms with Gasteiger partial charge in [0.15, 0.2) is 0 Å². The molecule has 0 aliphatic carbocycles. The third-order valence-corrected chi connectivity index (χ3v) is 5.84. The Morgan fingerprint density at radius 3 is 1.75 bits per heavy atom. The number of hydrogen-bond donors (Lipinski definition) is 1. The first-order chi connectivity index (χ1) is 13.7. The van der Waals surface area contributed by atoms with Crippen LogP contribution in [0.15, 0.2) is 42.5 Å². The van der Waals surface area contributed by atoms with Crippen molar-refractivity contribution in [3.63, 3.8) is 0 Å². The van der Waals surface area contributed by atoms with E-state index in [1.165, 1.54) is 99.3 Å². The topological polar surface area (TPSA) is 26.0 Å². The van der Waals surface area contributed by atoms with Gasteiger partial charge in [0.2, 0.25) is 0 Å². The van der Waals surface area contributed by atoms with Gasteiger partial charge in [0.25, 0.3) is 0 Å². The minimum Gasteiger partial charge on any atom is -0.399 e. The molecule has 0 amide bonds. The summed E-state index contributed by atoms with van der Waals surface area (Å²) in [6, 6.07) is 15.2. The molecule has 2 rings (SSSR count). The molecule has 0 aliphatic rings. The van der Waals surface area contributed by atoms with Crippen molar-refractivity contribution in [3.05, 3.63) is 64.7 Å². The maximum Gasteiger partial charge on any atom is 0.0314 e. The zero-order chi connectivity index (χ0) is 20.0. The summed E-state index contributed by atoms with van der Waals surface area (Å²) in [4.78, 5) is 0. The number of nitrogens with two attached hydrogens (primary N) is 1. The molecule has 2 aromatic carbocycles. The van der Waals surface area contributed by atoms with Gasteiger partial charge < -0.3 is 5.73 Å². The van der Waals surface area contributed by atoms with Crippen molar-refractivity contribution >= 4 is 5.69 Å². The molecule has 0 fully saturated rings. The maximum atomic E-state index is 5.78. The fourth-order valence-electron chi connectivity index (χ4n) is 4.00. The van der Waals surface area contributed by atoms with Crippen LogP contribution in [0.3, 0.4) is 0 Å². The molecule has 0 aliphatic heterocycles. The number of aryl methyl sites for hydroxylation is 2. The number of unbranched alkanes of at least 4 members (excludes halogenated alkanes) is 10. The smallest absolute Gasteiger partial charge is 0.0314 e. The molecule has 0 unspecified atom stereocenters. The lowest BCUT2D eigenvalue weighted by atomic mass is 9.96. The minimum absolute atomic E-state index is 0.835. The molecular formula is C27H41N. The highest BCUT2D eigenvalue weighted by Gasteiger charge is 2.02. The first kappa shape index (κ1) is 22.5. The van der Waals surface area contributed by atoms with Crippen LogP contribution in [0, 0.1) is 6.92 Å². The van der Waals surface area contributed by atoms with E-state index < -0.39 is 0 Å². The van der Waals surface area contributed by atoms with Gasteiger partial charge in [-0.15, -0.1) is 0 Å². The lowest BCUT2D eigenvalue weighted by Gasteiger charge is -2.09. The summed E-state index contributed by atoms with van der Waals surface area (Å²) >= 11 is 0. The number of hydrogen-bond acceptors (Lipinski definition) is 1. The lowest BCUT2D eigenvalue weighted by Crippen LogP contribution is -1.95. The fraction of sp³-hybridized carbons (Fsp3) is 0.556. The molecule has 1 nitrogen and oxygen atoms in total. The third kappa shape index (κ3) is 8.95. The summed E-state index contributed by atoms with van der Waals surface area (Å²) < 4.78 is 0. The Kier molecular flexibility index (Phi) is 10.8. The maximum absolute atomic E-state index is 5.78. The monoisotopic (exact) mass is 379 g/mol. The van der Waals surface area contributed by atoms with Crippen molar-refractivity contribution in [2.24, 2.45) is 0 Å². The van der Waals surface area contributed by atoms with Crippen LogP contribution in [-0.4, -0.2) is 0 Å². The van der Waals surface area contributed by atoms with Gasteiger partial charge in [-0.1, -0.05) is 101 Å². The van der Waals surface area contributed by atoms with E-state index in [0.717, 1.165) is 12.1 Å². The summed E-state index contributed by atoms with van der Waals surface area (Å²) in [7, 11) is 0. The molecule has 0 saturated carbocycles. The summed E-state index contributed by atoms with van der Waals surface area (Å²) in [6.07, 6.45) is 17.7. The van der Waals surface area contributed by atoms with E-state index in [1.54, 1.807) is 0 Å². The molecular weight excluding hydrogens is 338 g/mol. The number of rotatable bonds is 14. The van der Waals surface area contributed by atoms with Crippen LogP contribution in [-0.2, 0) is 12.8 Å². The number of nitrogen functional groups attached to an aromatic ring is 1. The normalized spacial score (nSPS) is 11.1. The van der Waals surface area contributed by atoms with Crippen molar-refractivity contribution < 1.29 is 0 Å². The first-order valence-electron chi connectivity index (χ1n) is 11.6. The van der Waals surface area contributed by atoms with E-state index in [-0.39, 0.29) is 0 Å². The average Bonchev–Trinajstić information content (AvgIpc) is 2.69. The number of anilines is 1. The Balaban J connectivity index is 1.59. The Hall–Kier alpha value is -1.76. The molecule has 0 spiro atoms. The second kappa shape index (κ2) is 13.4. The average molecular weight is 380 g/mol. The van der Waals surface area contributed by atoms with Gasteiger partial charge in [-0.25, -0.2) is 0 Å². The molecule has 28 heavy (non-hydrogen) atoms.